The first-order valence-corrected chi connectivity index (χ1v) is 9.16. The molecule has 2 aromatic rings. The van der Waals surface area contributed by atoms with Crippen LogP contribution in [0.3, 0.4) is 0 Å². The molecular formula is C17H12ClF3N3O3S+. The summed E-state index contributed by atoms with van der Waals surface area (Å²) in [4.78, 5) is 26.7. The zero-order valence-electron chi connectivity index (χ0n) is 13.9. The van der Waals surface area contributed by atoms with Gasteiger partial charge in [0.2, 0.25) is 5.91 Å². The first-order valence-electron chi connectivity index (χ1n) is 7.80. The van der Waals surface area contributed by atoms with Crippen molar-refractivity contribution in [2.75, 3.05) is 11.1 Å². The molecule has 2 aromatic carbocycles. The topological polar surface area (TPSA) is 81.8 Å². The van der Waals surface area contributed by atoms with Crippen LogP contribution in [0.1, 0.15) is 11.1 Å². The Labute approximate surface area is 165 Å². The Morgan fingerprint density at radius 1 is 1.29 bits per heavy atom. The molecule has 2 N–H and O–H groups in total. The van der Waals surface area contributed by atoms with Gasteiger partial charge in [-0.3, -0.25) is 9.79 Å². The summed E-state index contributed by atoms with van der Waals surface area (Å²) >= 11 is 7.27. The molecule has 1 atom stereocenters. The molecule has 0 radical (unpaired) electrons. The van der Waals surface area contributed by atoms with Gasteiger partial charge < -0.3 is 5.32 Å². The normalized spacial score (nSPS) is 16.6. The molecule has 1 heterocycles. The van der Waals surface area contributed by atoms with Crippen LogP contribution in [0.4, 0.5) is 24.5 Å². The summed E-state index contributed by atoms with van der Waals surface area (Å²) in [5.74, 6) is -0.267. The second-order valence-electron chi connectivity index (χ2n) is 5.76. The number of aliphatic imine (C=N–C) groups is 1. The number of amides is 1. The van der Waals surface area contributed by atoms with Crippen LogP contribution < -0.4 is 5.32 Å². The molecule has 3 rings (SSSR count). The zero-order chi connectivity index (χ0) is 20.5. The molecule has 11 heteroatoms. The van der Waals surface area contributed by atoms with Gasteiger partial charge in [0, 0.05) is 28.1 Å². The lowest BCUT2D eigenvalue weighted by molar-refractivity contribution is -0.730. The fraction of sp³-hybridized carbons (Fsp3) is 0.176. The number of alkyl halides is 3. The molecule has 0 bridgehead atoms. The Kier molecular flexibility index (Phi) is 5.61. The highest BCUT2D eigenvalue weighted by atomic mass is 35.5. The fourth-order valence-corrected chi connectivity index (χ4v) is 3.75. The molecular weight excluding hydrogens is 419 g/mol. The zero-order valence-corrected chi connectivity index (χ0v) is 15.5. The van der Waals surface area contributed by atoms with Gasteiger partial charge in [0.1, 0.15) is 11.6 Å². The van der Waals surface area contributed by atoms with Gasteiger partial charge in [-0.15, -0.1) is 11.8 Å². The summed E-state index contributed by atoms with van der Waals surface area (Å²) in [5.41, 5.74) is -1.76. The van der Waals surface area contributed by atoms with Crippen LogP contribution >= 0.6 is 23.4 Å². The summed E-state index contributed by atoms with van der Waals surface area (Å²) in [5, 5.41) is 12.3. The molecule has 0 aliphatic carbocycles. The van der Waals surface area contributed by atoms with E-state index in [1.165, 1.54) is 11.8 Å². The third-order valence-corrected chi connectivity index (χ3v) is 5.13. The molecule has 0 saturated carbocycles. The third-order valence-electron chi connectivity index (χ3n) is 3.80. The smallest absolute Gasteiger partial charge is 0.324 e. The maximum Gasteiger partial charge on any atom is 0.423 e. The summed E-state index contributed by atoms with van der Waals surface area (Å²) in [6, 6.07) is 8.59. The first kappa shape index (κ1) is 20.2. The van der Waals surface area contributed by atoms with E-state index in [1.54, 1.807) is 24.3 Å². The van der Waals surface area contributed by atoms with Gasteiger partial charge in [-0.25, -0.2) is 5.21 Å². The summed E-state index contributed by atoms with van der Waals surface area (Å²) < 4.78 is 39.2. The van der Waals surface area contributed by atoms with Crippen LogP contribution in [0.15, 0.2) is 47.5 Å². The molecule has 6 nitrogen and oxygen atoms in total. The summed E-state index contributed by atoms with van der Waals surface area (Å²) in [6.45, 7) is 0. The SMILES string of the molecule is O=C(Nc1ccc([N+](=O)O)c(C(F)(F)F)c1)C1CSC(c2cccc(Cl)c2)=N1. The highest BCUT2D eigenvalue weighted by molar-refractivity contribution is 8.14. The molecule has 0 fully saturated rings. The molecule has 0 spiro atoms. The van der Waals surface area contributed by atoms with Crippen molar-refractivity contribution in [2.45, 2.75) is 12.2 Å². The Hall–Kier alpha value is -2.59. The van der Waals surface area contributed by atoms with E-state index in [1.807, 2.05) is 0 Å². The number of thioether (sulfide) groups is 1. The van der Waals surface area contributed by atoms with E-state index in [0.717, 1.165) is 17.7 Å². The number of carbonyl (C=O) groups is 1. The van der Waals surface area contributed by atoms with Gasteiger partial charge in [0.05, 0.1) is 9.95 Å². The maximum atomic E-state index is 13.1. The van der Waals surface area contributed by atoms with Crippen LogP contribution in [-0.2, 0) is 11.0 Å². The van der Waals surface area contributed by atoms with E-state index in [0.29, 0.717) is 21.9 Å². The average Bonchev–Trinajstić information content (AvgIpc) is 3.11. The molecule has 146 valence electrons. The van der Waals surface area contributed by atoms with Crippen molar-refractivity contribution in [3.63, 3.8) is 0 Å². The van der Waals surface area contributed by atoms with Crippen LogP contribution in [0.2, 0.25) is 5.02 Å². The number of hydrogen-bond acceptors (Lipinski definition) is 4. The Bertz CT molecular complexity index is 982. The van der Waals surface area contributed by atoms with Crippen molar-refractivity contribution in [2.24, 2.45) is 4.99 Å². The van der Waals surface area contributed by atoms with Crippen LogP contribution in [0.25, 0.3) is 0 Å². The van der Waals surface area contributed by atoms with Gasteiger partial charge in [0.25, 0.3) is 4.92 Å². The van der Waals surface area contributed by atoms with Gasteiger partial charge >= 0.3 is 11.9 Å². The number of hydrogen-bond donors (Lipinski definition) is 2. The Morgan fingerprint density at radius 3 is 2.68 bits per heavy atom. The highest BCUT2D eigenvalue weighted by Gasteiger charge is 2.40. The van der Waals surface area contributed by atoms with Crippen LogP contribution in [0.5, 0.6) is 0 Å². The second kappa shape index (κ2) is 7.80. The molecule has 1 unspecified atom stereocenters. The van der Waals surface area contributed by atoms with Gasteiger partial charge in [-0.1, -0.05) is 23.7 Å². The quantitative estimate of drug-likeness (QED) is 0.691. The number of carbonyl (C=O) groups excluding carboxylic acids is 1. The van der Waals surface area contributed by atoms with Gasteiger partial charge in [-0.2, -0.15) is 13.2 Å². The van der Waals surface area contributed by atoms with E-state index in [4.69, 9.17) is 16.8 Å². The summed E-state index contributed by atoms with van der Waals surface area (Å²) in [7, 11) is 0. The van der Waals surface area contributed by atoms with Gasteiger partial charge in [-0.05, 0) is 24.3 Å². The van der Waals surface area contributed by atoms with E-state index < -0.39 is 34.3 Å². The lowest BCUT2D eigenvalue weighted by Crippen LogP contribution is -2.26. The predicted octanol–water partition coefficient (Wildman–Crippen LogP) is 4.66. The highest BCUT2D eigenvalue weighted by Crippen LogP contribution is 2.37. The molecule has 0 aromatic heterocycles. The number of nitrogens with one attached hydrogen (secondary N) is 1. The number of rotatable bonds is 4. The third kappa shape index (κ3) is 4.45. The minimum Gasteiger partial charge on any atom is -0.324 e. The van der Waals surface area contributed by atoms with E-state index in [9.17, 15) is 22.9 Å². The van der Waals surface area contributed by atoms with E-state index in [-0.39, 0.29) is 5.69 Å². The number of halogens is 4. The summed E-state index contributed by atoms with van der Waals surface area (Å²) in [6.07, 6.45) is -4.89. The maximum absolute atomic E-state index is 13.1. The van der Waals surface area contributed by atoms with Crippen molar-refractivity contribution in [1.29, 1.82) is 0 Å². The average molecular weight is 431 g/mol. The van der Waals surface area contributed by atoms with Crippen LogP contribution in [-0.4, -0.2) is 32.9 Å². The monoisotopic (exact) mass is 430 g/mol. The largest absolute Gasteiger partial charge is 0.423 e. The van der Waals surface area contributed by atoms with Crippen molar-refractivity contribution in [3.05, 3.63) is 63.5 Å². The number of anilines is 1. The predicted molar refractivity (Wildman–Crippen MR) is 99.4 cm³/mol. The first-order chi connectivity index (χ1) is 13.1. The second-order valence-corrected chi connectivity index (χ2v) is 7.21. The molecule has 1 amide bonds. The lowest BCUT2D eigenvalue weighted by Gasteiger charge is -2.11. The standard InChI is InChI=1S/C17H11ClF3N3O3S/c18-10-3-1-2-9(6-10)16-23-13(8-28-16)15(25)22-11-4-5-14(24(26)27)12(7-11)17(19,20)21/h1-7,13H,8H2,(H-,22,25,26,27)/p+1. The van der Waals surface area contributed by atoms with Crippen molar-refractivity contribution >= 4 is 45.7 Å². The molecule has 28 heavy (non-hydrogen) atoms. The van der Waals surface area contributed by atoms with Crippen molar-refractivity contribution in [3.8, 4) is 0 Å². The van der Waals surface area contributed by atoms with Crippen molar-refractivity contribution < 1.29 is 28.1 Å². The number of benzene rings is 2. The molecule has 1 aliphatic rings. The van der Waals surface area contributed by atoms with Gasteiger partial charge in [0.15, 0.2) is 0 Å². The Morgan fingerprint density at radius 2 is 2.04 bits per heavy atom. The molecule has 0 saturated heterocycles. The minimum absolute atomic E-state index is 0.167. The number of nitrogens with zero attached hydrogens (tertiary/aromatic N) is 2. The van der Waals surface area contributed by atoms with E-state index >= 15 is 0 Å². The Balaban J connectivity index is 1.79. The minimum atomic E-state index is -4.89. The van der Waals surface area contributed by atoms with Crippen LogP contribution in [0, 0.1) is 4.91 Å². The van der Waals surface area contributed by atoms with Crippen molar-refractivity contribution in [1.82, 2.24) is 0 Å². The van der Waals surface area contributed by atoms with E-state index in [2.05, 4.69) is 10.3 Å². The fourth-order valence-electron chi connectivity index (χ4n) is 2.52. The molecule has 1 aliphatic heterocycles. The lowest BCUT2D eigenvalue weighted by atomic mass is 10.1.